The zero-order valence-corrected chi connectivity index (χ0v) is 29.7. The van der Waals surface area contributed by atoms with Crippen LogP contribution in [0.1, 0.15) is 22.3 Å². The summed E-state index contributed by atoms with van der Waals surface area (Å²) in [6, 6.07) is 78.2. The second-order valence-corrected chi connectivity index (χ2v) is 14.4. The van der Waals surface area contributed by atoms with Crippen LogP contribution in [0.25, 0.3) is 55.3 Å². The first-order valence-corrected chi connectivity index (χ1v) is 18.8. The summed E-state index contributed by atoms with van der Waals surface area (Å²) in [5, 5.41) is 2.51. The Morgan fingerprint density at radius 2 is 0.852 bits per heavy atom. The highest BCUT2D eigenvalue weighted by atomic mass is 15.1. The van der Waals surface area contributed by atoms with Gasteiger partial charge in [0.05, 0.1) is 11.1 Å². The van der Waals surface area contributed by atoms with Crippen molar-refractivity contribution in [1.82, 2.24) is 0 Å². The predicted octanol–water partition coefficient (Wildman–Crippen LogP) is 14.0. The van der Waals surface area contributed by atoms with E-state index in [0.717, 1.165) is 11.4 Å². The van der Waals surface area contributed by atoms with Crippen molar-refractivity contribution in [3.05, 3.63) is 235 Å². The minimum absolute atomic E-state index is 0.412. The predicted molar refractivity (Wildman–Crippen MR) is 226 cm³/mol. The van der Waals surface area contributed by atoms with Crippen LogP contribution < -0.4 is 4.90 Å². The fraction of sp³-hybridized carbons (Fsp3) is 0.0189. The summed E-state index contributed by atoms with van der Waals surface area (Å²) in [6.07, 6.45) is 0. The molecule has 2 aliphatic carbocycles. The van der Waals surface area contributed by atoms with Gasteiger partial charge in [-0.2, -0.15) is 0 Å². The number of nitrogens with zero attached hydrogens (tertiary/aromatic N) is 1. The molecule has 11 rings (SSSR count). The van der Waals surface area contributed by atoms with Gasteiger partial charge in [0.15, 0.2) is 0 Å². The molecule has 1 heteroatoms. The minimum Gasteiger partial charge on any atom is -0.310 e. The third kappa shape index (κ3) is 4.39. The lowest BCUT2D eigenvalue weighted by atomic mass is 9.70. The quantitative estimate of drug-likeness (QED) is 0.174. The summed E-state index contributed by atoms with van der Waals surface area (Å²) in [5.74, 6) is 0. The summed E-state index contributed by atoms with van der Waals surface area (Å²) in [4.78, 5) is 2.47. The summed E-state index contributed by atoms with van der Waals surface area (Å²) in [5.41, 5.74) is 18.4. The van der Waals surface area contributed by atoms with Crippen LogP contribution in [-0.2, 0) is 5.41 Å². The first-order valence-electron chi connectivity index (χ1n) is 18.8. The molecule has 0 heterocycles. The number of hydrogen-bond acceptors (Lipinski definition) is 1. The molecule has 0 N–H and O–H groups in total. The molecule has 0 bridgehead atoms. The van der Waals surface area contributed by atoms with E-state index in [9.17, 15) is 0 Å². The molecule has 54 heavy (non-hydrogen) atoms. The highest BCUT2D eigenvalue weighted by Crippen LogP contribution is 2.64. The van der Waals surface area contributed by atoms with Gasteiger partial charge in [-0.15, -0.1) is 0 Å². The highest BCUT2D eigenvalue weighted by Gasteiger charge is 2.52. The molecule has 0 fully saturated rings. The molecule has 0 saturated heterocycles. The van der Waals surface area contributed by atoms with Gasteiger partial charge in [-0.1, -0.05) is 182 Å². The SMILES string of the molecule is c1ccc(-c2cccc(N(c3ccc(-c4cccc5ccccc45)cc3)c3cccc4c3-c3ccccc3C43c4ccccc4-c4ccccc43)c2)cc1. The topological polar surface area (TPSA) is 3.24 Å². The number of benzene rings is 9. The van der Waals surface area contributed by atoms with E-state index in [1.807, 2.05) is 0 Å². The second-order valence-electron chi connectivity index (χ2n) is 14.4. The van der Waals surface area contributed by atoms with Gasteiger partial charge >= 0.3 is 0 Å². The van der Waals surface area contributed by atoms with Crippen molar-refractivity contribution in [2.75, 3.05) is 4.90 Å². The summed E-state index contributed by atoms with van der Waals surface area (Å²) in [7, 11) is 0. The summed E-state index contributed by atoms with van der Waals surface area (Å²) >= 11 is 0. The zero-order chi connectivity index (χ0) is 35.6. The van der Waals surface area contributed by atoms with E-state index in [1.54, 1.807) is 0 Å². The van der Waals surface area contributed by atoms with E-state index in [2.05, 4.69) is 217 Å². The molecule has 0 atom stereocenters. The fourth-order valence-corrected chi connectivity index (χ4v) is 9.46. The van der Waals surface area contributed by atoms with Crippen molar-refractivity contribution in [1.29, 1.82) is 0 Å². The molecule has 0 aromatic heterocycles. The van der Waals surface area contributed by atoms with Crippen molar-refractivity contribution < 1.29 is 0 Å². The van der Waals surface area contributed by atoms with Crippen molar-refractivity contribution in [2.45, 2.75) is 5.41 Å². The Balaban J connectivity index is 1.16. The number of fused-ring (bicyclic) bond motifs is 11. The summed E-state index contributed by atoms with van der Waals surface area (Å²) < 4.78 is 0. The average Bonchev–Trinajstić information content (AvgIpc) is 3.72. The first-order chi connectivity index (χ1) is 26.8. The molecule has 0 saturated carbocycles. The Kier molecular flexibility index (Phi) is 6.84. The van der Waals surface area contributed by atoms with Gasteiger partial charge in [0.1, 0.15) is 0 Å². The third-order valence-corrected chi connectivity index (χ3v) is 11.7. The van der Waals surface area contributed by atoms with Crippen molar-refractivity contribution in [3.63, 3.8) is 0 Å². The van der Waals surface area contributed by atoms with Crippen LogP contribution in [0.2, 0.25) is 0 Å². The third-order valence-electron chi connectivity index (χ3n) is 11.7. The molecule has 0 amide bonds. The maximum Gasteiger partial charge on any atom is 0.0726 e. The van der Waals surface area contributed by atoms with E-state index < -0.39 is 5.41 Å². The zero-order valence-electron chi connectivity index (χ0n) is 29.7. The van der Waals surface area contributed by atoms with Crippen LogP contribution in [0.4, 0.5) is 17.1 Å². The first kappa shape index (κ1) is 30.6. The Bertz CT molecular complexity index is 2830. The maximum atomic E-state index is 2.47. The second kappa shape index (κ2) is 12.0. The van der Waals surface area contributed by atoms with E-state index >= 15 is 0 Å². The fourth-order valence-electron chi connectivity index (χ4n) is 9.46. The van der Waals surface area contributed by atoms with Gasteiger partial charge in [-0.25, -0.2) is 0 Å². The van der Waals surface area contributed by atoms with Crippen LogP contribution in [0.15, 0.2) is 212 Å². The Labute approximate surface area is 316 Å². The van der Waals surface area contributed by atoms with Gasteiger partial charge in [0.2, 0.25) is 0 Å². The lowest BCUT2D eigenvalue weighted by molar-refractivity contribution is 0.794. The maximum absolute atomic E-state index is 2.47. The van der Waals surface area contributed by atoms with Crippen LogP contribution in [0.5, 0.6) is 0 Å². The van der Waals surface area contributed by atoms with Crippen LogP contribution in [-0.4, -0.2) is 0 Å². The van der Waals surface area contributed by atoms with Crippen LogP contribution in [0, 0.1) is 0 Å². The van der Waals surface area contributed by atoms with Gasteiger partial charge in [0, 0.05) is 16.9 Å². The Morgan fingerprint density at radius 1 is 0.315 bits per heavy atom. The van der Waals surface area contributed by atoms with Gasteiger partial charge < -0.3 is 4.90 Å². The minimum atomic E-state index is -0.412. The standard InChI is InChI=1S/C53H35N/c1-2-15-36(16-3-1)39-19-12-20-41(35-39)54(40-33-31-38(32-34-40)43-25-13-18-37-17-4-5-21-42(37)43)51-30-14-29-50-52(51)46-24-8-11-28-49(46)53(50)47-26-9-6-22-44(47)45-23-7-10-27-48(45)53/h1-35H. The number of anilines is 3. The lowest BCUT2D eigenvalue weighted by Crippen LogP contribution is -2.26. The average molecular weight is 686 g/mol. The molecule has 1 spiro atoms. The molecule has 252 valence electrons. The Hall–Kier alpha value is -6.96. The van der Waals surface area contributed by atoms with Gasteiger partial charge in [-0.3, -0.25) is 0 Å². The number of rotatable bonds is 5. The van der Waals surface area contributed by atoms with Crippen molar-refractivity contribution in [3.8, 4) is 44.5 Å². The molecule has 1 nitrogen and oxygen atoms in total. The monoisotopic (exact) mass is 685 g/mol. The molecule has 9 aromatic carbocycles. The molecule has 9 aromatic rings. The van der Waals surface area contributed by atoms with E-state index in [1.165, 1.54) is 83.2 Å². The van der Waals surface area contributed by atoms with Gasteiger partial charge in [-0.05, 0) is 102 Å². The molecule has 0 unspecified atom stereocenters. The van der Waals surface area contributed by atoms with Gasteiger partial charge in [0.25, 0.3) is 0 Å². The highest BCUT2D eigenvalue weighted by molar-refractivity contribution is 6.02. The van der Waals surface area contributed by atoms with Crippen LogP contribution >= 0.6 is 0 Å². The lowest BCUT2D eigenvalue weighted by Gasteiger charge is -2.32. The van der Waals surface area contributed by atoms with E-state index in [-0.39, 0.29) is 0 Å². The van der Waals surface area contributed by atoms with Crippen molar-refractivity contribution >= 4 is 27.8 Å². The normalized spacial score (nSPS) is 13.0. The van der Waals surface area contributed by atoms with Crippen molar-refractivity contribution in [2.24, 2.45) is 0 Å². The largest absolute Gasteiger partial charge is 0.310 e. The Morgan fingerprint density at radius 3 is 1.61 bits per heavy atom. The van der Waals surface area contributed by atoms with E-state index in [4.69, 9.17) is 0 Å². The molecular weight excluding hydrogens is 651 g/mol. The smallest absolute Gasteiger partial charge is 0.0726 e. The molecule has 2 aliphatic rings. The molecule has 0 aliphatic heterocycles. The number of hydrogen-bond donors (Lipinski definition) is 0. The molecular formula is C53H35N. The molecule has 0 radical (unpaired) electrons. The summed E-state index contributed by atoms with van der Waals surface area (Å²) in [6.45, 7) is 0. The van der Waals surface area contributed by atoms with E-state index in [0.29, 0.717) is 0 Å². The van der Waals surface area contributed by atoms with Crippen LogP contribution in [0.3, 0.4) is 0 Å².